The monoisotopic (exact) mass is 198 g/mol. The average molecular weight is 198 g/mol. The number of aryl methyl sites for hydroxylation is 1. The summed E-state index contributed by atoms with van der Waals surface area (Å²) < 4.78 is 27.3. The van der Waals surface area contributed by atoms with Crippen LogP contribution < -0.4 is 5.69 Å². The van der Waals surface area contributed by atoms with E-state index in [1.165, 1.54) is 6.07 Å². The topological polar surface area (TPSA) is 37.8 Å². The maximum absolute atomic E-state index is 13.3. The van der Waals surface area contributed by atoms with E-state index >= 15 is 0 Å². The van der Waals surface area contributed by atoms with Crippen molar-refractivity contribution in [3.63, 3.8) is 0 Å². The van der Waals surface area contributed by atoms with Gasteiger partial charge < -0.3 is 4.98 Å². The first kappa shape index (κ1) is 8.93. The molecule has 0 spiro atoms. The Kier molecular flexibility index (Phi) is 1.87. The zero-order valence-electron chi connectivity index (χ0n) is 7.47. The third kappa shape index (κ3) is 1.05. The van der Waals surface area contributed by atoms with E-state index in [0.717, 1.165) is 10.6 Å². The van der Waals surface area contributed by atoms with Crippen molar-refractivity contribution in [1.82, 2.24) is 9.55 Å². The van der Waals surface area contributed by atoms with E-state index in [1.807, 2.05) is 0 Å². The van der Waals surface area contributed by atoms with Crippen molar-refractivity contribution in [2.45, 2.75) is 13.5 Å². The molecule has 0 aliphatic rings. The number of imidazole rings is 1. The second-order valence-electron chi connectivity index (χ2n) is 2.93. The molecule has 2 aromatic rings. The van der Waals surface area contributed by atoms with Crippen molar-refractivity contribution < 1.29 is 8.78 Å². The second kappa shape index (κ2) is 2.94. The Labute approximate surface area is 78.0 Å². The molecule has 3 nitrogen and oxygen atoms in total. The molecule has 0 unspecified atom stereocenters. The minimum Gasteiger partial charge on any atom is -0.305 e. The first-order valence-corrected chi connectivity index (χ1v) is 4.21. The quantitative estimate of drug-likeness (QED) is 0.742. The normalized spacial score (nSPS) is 11.1. The van der Waals surface area contributed by atoms with Crippen LogP contribution in [0.3, 0.4) is 0 Å². The van der Waals surface area contributed by atoms with Crippen LogP contribution in [0, 0.1) is 11.6 Å². The highest BCUT2D eigenvalue weighted by Gasteiger charge is 2.13. The Morgan fingerprint density at radius 3 is 2.79 bits per heavy atom. The fourth-order valence-electron chi connectivity index (χ4n) is 1.49. The van der Waals surface area contributed by atoms with Crippen molar-refractivity contribution in [2.75, 3.05) is 0 Å². The molecule has 0 amide bonds. The molecular weight excluding hydrogens is 190 g/mol. The highest BCUT2D eigenvalue weighted by atomic mass is 19.2. The van der Waals surface area contributed by atoms with Crippen molar-refractivity contribution in [1.29, 1.82) is 0 Å². The number of halogens is 2. The SMILES string of the molecule is CCn1c(=O)[nH]c2ccc(F)c(F)c21. The van der Waals surface area contributed by atoms with Gasteiger partial charge in [0, 0.05) is 6.54 Å². The van der Waals surface area contributed by atoms with Crippen LogP contribution in [0.15, 0.2) is 16.9 Å². The maximum Gasteiger partial charge on any atom is 0.326 e. The summed E-state index contributed by atoms with van der Waals surface area (Å²) in [4.78, 5) is 13.7. The lowest BCUT2D eigenvalue weighted by molar-refractivity contribution is 0.511. The number of hydrogen-bond acceptors (Lipinski definition) is 1. The predicted octanol–water partition coefficient (Wildman–Crippen LogP) is 1.63. The molecule has 74 valence electrons. The highest BCUT2D eigenvalue weighted by molar-refractivity contribution is 5.75. The van der Waals surface area contributed by atoms with E-state index in [2.05, 4.69) is 4.98 Å². The number of H-pyrrole nitrogens is 1. The molecule has 0 radical (unpaired) electrons. The fraction of sp³-hybridized carbons (Fsp3) is 0.222. The zero-order valence-corrected chi connectivity index (χ0v) is 7.47. The molecule has 0 atom stereocenters. The van der Waals surface area contributed by atoms with Gasteiger partial charge >= 0.3 is 5.69 Å². The van der Waals surface area contributed by atoms with Crippen LogP contribution in [0.4, 0.5) is 8.78 Å². The molecule has 2 rings (SSSR count). The Bertz CT molecular complexity index is 541. The summed E-state index contributed by atoms with van der Waals surface area (Å²) in [6.45, 7) is 2.00. The van der Waals surface area contributed by atoms with Crippen LogP contribution in [0.25, 0.3) is 11.0 Å². The molecule has 0 saturated carbocycles. The molecule has 14 heavy (non-hydrogen) atoms. The van der Waals surface area contributed by atoms with E-state index in [-0.39, 0.29) is 5.52 Å². The largest absolute Gasteiger partial charge is 0.326 e. The van der Waals surface area contributed by atoms with E-state index in [9.17, 15) is 13.6 Å². The van der Waals surface area contributed by atoms with E-state index in [1.54, 1.807) is 6.92 Å². The number of fused-ring (bicyclic) bond motifs is 1. The van der Waals surface area contributed by atoms with Crippen LogP contribution in [0.2, 0.25) is 0 Å². The Balaban J connectivity index is 2.98. The molecule has 0 saturated heterocycles. The van der Waals surface area contributed by atoms with Gasteiger partial charge in [-0.05, 0) is 19.1 Å². The average Bonchev–Trinajstić information content (AvgIpc) is 2.48. The number of benzene rings is 1. The molecular formula is C9H8F2N2O. The van der Waals surface area contributed by atoms with Gasteiger partial charge in [0.25, 0.3) is 0 Å². The summed E-state index contributed by atoms with van der Waals surface area (Å²) in [6, 6.07) is 2.34. The summed E-state index contributed by atoms with van der Waals surface area (Å²) >= 11 is 0. The van der Waals surface area contributed by atoms with Gasteiger partial charge in [-0.3, -0.25) is 4.57 Å². The predicted molar refractivity (Wildman–Crippen MR) is 48.1 cm³/mol. The van der Waals surface area contributed by atoms with Crippen LogP contribution in [0.5, 0.6) is 0 Å². The van der Waals surface area contributed by atoms with Gasteiger partial charge in [-0.2, -0.15) is 0 Å². The minimum atomic E-state index is -0.984. The molecule has 0 aliphatic carbocycles. The number of nitrogens with one attached hydrogen (secondary N) is 1. The Morgan fingerprint density at radius 1 is 1.43 bits per heavy atom. The molecule has 1 aromatic carbocycles. The van der Waals surface area contributed by atoms with Crippen molar-refractivity contribution in [3.05, 3.63) is 34.3 Å². The van der Waals surface area contributed by atoms with Crippen LogP contribution in [0.1, 0.15) is 6.92 Å². The van der Waals surface area contributed by atoms with Gasteiger partial charge in [-0.1, -0.05) is 0 Å². The second-order valence-corrected chi connectivity index (χ2v) is 2.93. The molecule has 5 heteroatoms. The summed E-state index contributed by atoms with van der Waals surface area (Å²) in [6.07, 6.45) is 0. The number of aromatic amines is 1. The molecule has 1 heterocycles. The smallest absolute Gasteiger partial charge is 0.305 e. The summed E-state index contributed by atoms with van der Waals surface area (Å²) in [5, 5.41) is 0. The maximum atomic E-state index is 13.3. The molecule has 1 aromatic heterocycles. The van der Waals surface area contributed by atoms with Gasteiger partial charge in [-0.15, -0.1) is 0 Å². The van der Waals surface area contributed by atoms with Crippen LogP contribution in [-0.2, 0) is 6.54 Å². The lowest BCUT2D eigenvalue weighted by Gasteiger charge is -1.99. The van der Waals surface area contributed by atoms with E-state index < -0.39 is 17.3 Å². The van der Waals surface area contributed by atoms with Crippen LogP contribution >= 0.6 is 0 Å². The first-order valence-electron chi connectivity index (χ1n) is 4.21. The van der Waals surface area contributed by atoms with Crippen molar-refractivity contribution in [3.8, 4) is 0 Å². The summed E-state index contributed by atoms with van der Waals surface area (Å²) in [7, 11) is 0. The van der Waals surface area contributed by atoms with Crippen LogP contribution in [-0.4, -0.2) is 9.55 Å². The Hall–Kier alpha value is -1.65. The lowest BCUT2D eigenvalue weighted by Crippen LogP contribution is -2.15. The van der Waals surface area contributed by atoms with Gasteiger partial charge in [0.05, 0.1) is 5.52 Å². The van der Waals surface area contributed by atoms with Gasteiger partial charge in [0.2, 0.25) is 0 Å². The summed E-state index contributed by atoms with van der Waals surface area (Å²) in [5.41, 5.74) is -0.111. The third-order valence-corrected chi connectivity index (χ3v) is 2.14. The number of aromatic nitrogens is 2. The molecule has 0 aliphatic heterocycles. The zero-order chi connectivity index (χ0) is 10.3. The van der Waals surface area contributed by atoms with Gasteiger partial charge in [-0.25, -0.2) is 13.6 Å². The number of hydrogen-bond donors (Lipinski definition) is 1. The lowest BCUT2D eigenvalue weighted by atomic mass is 10.3. The Morgan fingerprint density at radius 2 is 2.14 bits per heavy atom. The standard InChI is InChI=1S/C9H8F2N2O/c1-2-13-8-6(12-9(13)14)4-3-5(10)7(8)11/h3-4H,2H2,1H3,(H,12,14). The fourth-order valence-corrected chi connectivity index (χ4v) is 1.49. The first-order chi connectivity index (χ1) is 6.65. The van der Waals surface area contributed by atoms with Crippen molar-refractivity contribution in [2.24, 2.45) is 0 Å². The van der Waals surface area contributed by atoms with Crippen molar-refractivity contribution >= 4 is 11.0 Å². The molecule has 1 N–H and O–H groups in total. The number of rotatable bonds is 1. The highest BCUT2D eigenvalue weighted by Crippen LogP contribution is 2.17. The van der Waals surface area contributed by atoms with Gasteiger partial charge in [0.1, 0.15) is 5.52 Å². The van der Waals surface area contributed by atoms with E-state index in [4.69, 9.17) is 0 Å². The van der Waals surface area contributed by atoms with Gasteiger partial charge in [0.15, 0.2) is 11.6 Å². The third-order valence-electron chi connectivity index (χ3n) is 2.14. The number of nitrogens with zero attached hydrogens (tertiary/aromatic N) is 1. The van der Waals surface area contributed by atoms with E-state index in [0.29, 0.717) is 12.1 Å². The minimum absolute atomic E-state index is 0.00231. The molecule has 0 fully saturated rings. The molecule has 0 bridgehead atoms. The summed E-state index contributed by atoms with van der Waals surface area (Å²) in [5.74, 6) is -1.93.